The SMILES string of the molecule is CCC(CO)(CO)NS(=O)(=O)CCCCl. The molecule has 0 heterocycles. The lowest BCUT2D eigenvalue weighted by Crippen LogP contribution is -2.54. The zero-order valence-electron chi connectivity index (χ0n) is 8.74. The predicted octanol–water partition coefficient (Wildman–Crippen LogP) is -0.332. The van der Waals surface area contributed by atoms with Crippen molar-refractivity contribution in [2.24, 2.45) is 0 Å². The van der Waals surface area contributed by atoms with Crippen molar-refractivity contribution in [2.75, 3.05) is 24.8 Å². The molecule has 0 radical (unpaired) electrons. The summed E-state index contributed by atoms with van der Waals surface area (Å²) in [5.74, 6) is 0.163. The Balaban J connectivity index is 4.52. The van der Waals surface area contributed by atoms with E-state index in [2.05, 4.69) is 4.72 Å². The van der Waals surface area contributed by atoms with Crippen molar-refractivity contribution in [2.45, 2.75) is 25.3 Å². The van der Waals surface area contributed by atoms with Gasteiger partial charge in [0.05, 0.1) is 24.5 Å². The van der Waals surface area contributed by atoms with E-state index in [9.17, 15) is 8.42 Å². The molecule has 0 aliphatic carbocycles. The Kier molecular flexibility index (Phi) is 6.70. The maximum atomic E-state index is 11.5. The van der Waals surface area contributed by atoms with E-state index >= 15 is 0 Å². The molecule has 0 spiro atoms. The first-order valence-corrected chi connectivity index (χ1v) is 6.93. The van der Waals surface area contributed by atoms with Gasteiger partial charge in [-0.25, -0.2) is 13.1 Å². The Morgan fingerprint density at radius 2 is 1.87 bits per heavy atom. The molecule has 0 amide bonds. The zero-order valence-corrected chi connectivity index (χ0v) is 10.3. The predicted molar refractivity (Wildman–Crippen MR) is 59.5 cm³/mol. The minimum atomic E-state index is -3.49. The van der Waals surface area contributed by atoms with Gasteiger partial charge in [-0.1, -0.05) is 6.92 Å². The Morgan fingerprint density at radius 3 is 2.20 bits per heavy atom. The van der Waals surface area contributed by atoms with E-state index in [-0.39, 0.29) is 11.6 Å². The topological polar surface area (TPSA) is 86.6 Å². The lowest BCUT2D eigenvalue weighted by molar-refractivity contribution is 0.105. The van der Waals surface area contributed by atoms with Gasteiger partial charge in [-0.05, 0) is 12.8 Å². The van der Waals surface area contributed by atoms with Crippen LogP contribution in [-0.2, 0) is 10.0 Å². The van der Waals surface area contributed by atoms with E-state index < -0.39 is 28.8 Å². The smallest absolute Gasteiger partial charge is 0.212 e. The van der Waals surface area contributed by atoms with E-state index in [0.29, 0.717) is 12.8 Å². The fourth-order valence-electron chi connectivity index (χ4n) is 1.04. The number of rotatable bonds is 8. The average Bonchev–Trinajstić information content (AvgIpc) is 2.23. The normalized spacial score (nSPS) is 13.1. The summed E-state index contributed by atoms with van der Waals surface area (Å²) >= 11 is 5.39. The molecule has 3 N–H and O–H groups in total. The van der Waals surface area contributed by atoms with Crippen LogP contribution in [-0.4, -0.2) is 49.0 Å². The first-order valence-electron chi connectivity index (χ1n) is 4.74. The van der Waals surface area contributed by atoms with Crippen LogP contribution in [0.3, 0.4) is 0 Å². The molecule has 0 saturated carbocycles. The first-order chi connectivity index (χ1) is 6.95. The summed E-state index contributed by atoms with van der Waals surface area (Å²) in [6.45, 7) is 0.830. The summed E-state index contributed by atoms with van der Waals surface area (Å²) in [5, 5.41) is 18.1. The van der Waals surface area contributed by atoms with Gasteiger partial charge in [0.2, 0.25) is 10.0 Å². The van der Waals surface area contributed by atoms with E-state index in [1.807, 2.05) is 0 Å². The summed E-state index contributed by atoms with van der Waals surface area (Å²) in [4.78, 5) is 0. The van der Waals surface area contributed by atoms with E-state index in [0.717, 1.165) is 0 Å². The molecule has 0 atom stereocenters. The van der Waals surface area contributed by atoms with Crippen molar-refractivity contribution in [1.82, 2.24) is 4.72 Å². The molecule has 0 rings (SSSR count). The molecule has 15 heavy (non-hydrogen) atoms. The highest BCUT2D eigenvalue weighted by Gasteiger charge is 2.31. The first kappa shape index (κ1) is 15.1. The molecular weight excluding hydrogens is 242 g/mol. The van der Waals surface area contributed by atoms with Crippen LogP contribution in [0.25, 0.3) is 0 Å². The highest BCUT2D eigenvalue weighted by molar-refractivity contribution is 7.89. The molecule has 0 aliphatic rings. The molecule has 0 aromatic rings. The molecule has 0 saturated heterocycles. The van der Waals surface area contributed by atoms with Gasteiger partial charge in [-0.2, -0.15) is 0 Å². The van der Waals surface area contributed by atoms with Gasteiger partial charge in [-0.3, -0.25) is 0 Å². The van der Waals surface area contributed by atoms with Crippen LogP contribution in [0.2, 0.25) is 0 Å². The Morgan fingerprint density at radius 1 is 1.33 bits per heavy atom. The molecule has 5 nitrogen and oxygen atoms in total. The number of halogens is 1. The second-order valence-electron chi connectivity index (χ2n) is 3.41. The monoisotopic (exact) mass is 259 g/mol. The quantitative estimate of drug-likeness (QED) is 0.521. The molecule has 7 heteroatoms. The molecule has 92 valence electrons. The summed E-state index contributed by atoms with van der Waals surface area (Å²) in [7, 11) is -3.49. The highest BCUT2D eigenvalue weighted by Crippen LogP contribution is 2.10. The third-order valence-corrected chi connectivity index (χ3v) is 4.04. The van der Waals surface area contributed by atoms with Gasteiger partial charge in [0, 0.05) is 5.88 Å². The second-order valence-corrected chi connectivity index (χ2v) is 5.63. The van der Waals surface area contributed by atoms with Gasteiger partial charge < -0.3 is 10.2 Å². The number of aliphatic hydroxyl groups excluding tert-OH is 2. The van der Waals surface area contributed by atoms with Gasteiger partial charge in [-0.15, -0.1) is 11.6 Å². The molecule has 0 unspecified atom stereocenters. The van der Waals surface area contributed by atoms with Crippen molar-refractivity contribution < 1.29 is 18.6 Å². The Bertz CT molecular complexity index is 256. The number of alkyl halides is 1. The number of sulfonamides is 1. The van der Waals surface area contributed by atoms with E-state index in [1.165, 1.54) is 0 Å². The third-order valence-electron chi connectivity index (χ3n) is 2.20. The number of hydrogen-bond acceptors (Lipinski definition) is 4. The van der Waals surface area contributed by atoms with Crippen LogP contribution in [0.15, 0.2) is 0 Å². The van der Waals surface area contributed by atoms with E-state index in [1.54, 1.807) is 6.92 Å². The van der Waals surface area contributed by atoms with Gasteiger partial charge in [0.15, 0.2) is 0 Å². The minimum absolute atomic E-state index is 0.0990. The molecule has 0 bridgehead atoms. The van der Waals surface area contributed by atoms with Crippen LogP contribution >= 0.6 is 11.6 Å². The van der Waals surface area contributed by atoms with Crippen molar-refractivity contribution in [3.05, 3.63) is 0 Å². The van der Waals surface area contributed by atoms with Gasteiger partial charge >= 0.3 is 0 Å². The standard InChI is InChI=1S/C8H18ClNO4S/c1-2-8(6-11,7-12)10-15(13,14)5-3-4-9/h10-12H,2-7H2,1H3. The van der Waals surface area contributed by atoms with Crippen LogP contribution in [0.1, 0.15) is 19.8 Å². The number of aliphatic hydroxyl groups is 2. The lowest BCUT2D eigenvalue weighted by Gasteiger charge is -2.29. The summed E-state index contributed by atoms with van der Waals surface area (Å²) in [6, 6.07) is 0. The largest absolute Gasteiger partial charge is 0.394 e. The molecule has 0 aromatic carbocycles. The van der Waals surface area contributed by atoms with Crippen LogP contribution in [0, 0.1) is 0 Å². The van der Waals surface area contributed by atoms with Crippen molar-refractivity contribution in [1.29, 1.82) is 0 Å². The van der Waals surface area contributed by atoms with Gasteiger partial charge in [0.1, 0.15) is 0 Å². The number of nitrogens with one attached hydrogen (secondary N) is 1. The maximum absolute atomic E-state index is 11.5. The third kappa shape index (κ3) is 5.12. The number of hydrogen-bond donors (Lipinski definition) is 3. The van der Waals surface area contributed by atoms with Crippen molar-refractivity contribution in [3.8, 4) is 0 Å². The lowest BCUT2D eigenvalue weighted by atomic mass is 10.0. The van der Waals surface area contributed by atoms with Crippen LogP contribution in [0.5, 0.6) is 0 Å². The fourth-order valence-corrected chi connectivity index (χ4v) is 2.89. The van der Waals surface area contributed by atoms with Crippen LogP contribution in [0.4, 0.5) is 0 Å². The Labute approximate surface area is 95.5 Å². The van der Waals surface area contributed by atoms with Crippen molar-refractivity contribution >= 4 is 21.6 Å². The average molecular weight is 260 g/mol. The Hall–Kier alpha value is 0.120. The van der Waals surface area contributed by atoms with Crippen LogP contribution < -0.4 is 4.72 Å². The zero-order chi connectivity index (χ0) is 11.9. The summed E-state index contributed by atoms with van der Waals surface area (Å²) in [5.41, 5.74) is -1.16. The maximum Gasteiger partial charge on any atom is 0.212 e. The summed E-state index contributed by atoms with van der Waals surface area (Å²) < 4.78 is 25.3. The summed E-state index contributed by atoms with van der Waals surface area (Å²) in [6.07, 6.45) is 0.660. The molecule has 0 aliphatic heterocycles. The minimum Gasteiger partial charge on any atom is -0.394 e. The molecular formula is C8H18ClNO4S. The molecule has 0 fully saturated rings. The highest BCUT2D eigenvalue weighted by atomic mass is 35.5. The van der Waals surface area contributed by atoms with Gasteiger partial charge in [0.25, 0.3) is 0 Å². The van der Waals surface area contributed by atoms with E-state index in [4.69, 9.17) is 21.8 Å². The molecule has 0 aromatic heterocycles. The fraction of sp³-hybridized carbons (Fsp3) is 1.00. The van der Waals surface area contributed by atoms with Crippen molar-refractivity contribution in [3.63, 3.8) is 0 Å². The second kappa shape index (κ2) is 6.65.